The molecule has 0 aliphatic heterocycles. The molecule has 1 aliphatic carbocycles. The standard InChI is InChI=1S/C20H22N6O3S/c1-4-13(26-10-22-16-15(26)19(28)25(3)20(29)24(16)2)17(27)23-18-12(9-21)11-7-5-6-8-14(11)30-18/h10,13H,4-8H2,1-3H3,(H,23,27)/t13-/m0/s1. The molecule has 10 heteroatoms. The van der Waals surface area contributed by atoms with Crippen LogP contribution in [0.5, 0.6) is 0 Å². The molecule has 3 aromatic rings. The van der Waals surface area contributed by atoms with E-state index in [1.807, 2.05) is 6.92 Å². The topological polar surface area (TPSA) is 115 Å². The van der Waals surface area contributed by atoms with Crippen molar-refractivity contribution in [2.75, 3.05) is 5.32 Å². The Bertz CT molecular complexity index is 1320. The lowest BCUT2D eigenvalue weighted by atomic mass is 9.96. The van der Waals surface area contributed by atoms with Crippen LogP contribution in [0.3, 0.4) is 0 Å². The van der Waals surface area contributed by atoms with E-state index in [4.69, 9.17) is 0 Å². The minimum Gasteiger partial charge on any atom is -0.315 e. The Balaban J connectivity index is 1.75. The van der Waals surface area contributed by atoms with E-state index in [1.165, 1.54) is 40.9 Å². The van der Waals surface area contributed by atoms with Gasteiger partial charge in [-0.25, -0.2) is 9.78 Å². The summed E-state index contributed by atoms with van der Waals surface area (Å²) in [4.78, 5) is 43.4. The van der Waals surface area contributed by atoms with E-state index in [2.05, 4.69) is 16.4 Å². The number of amides is 1. The summed E-state index contributed by atoms with van der Waals surface area (Å²) < 4.78 is 3.82. The fourth-order valence-corrected chi connectivity index (χ4v) is 5.32. The molecular weight excluding hydrogens is 404 g/mol. The van der Waals surface area contributed by atoms with Crippen LogP contribution in [-0.4, -0.2) is 24.6 Å². The van der Waals surface area contributed by atoms with Crippen molar-refractivity contribution < 1.29 is 4.79 Å². The van der Waals surface area contributed by atoms with E-state index in [0.29, 0.717) is 17.0 Å². The van der Waals surface area contributed by atoms with Gasteiger partial charge >= 0.3 is 5.69 Å². The van der Waals surface area contributed by atoms with Crippen LogP contribution in [0.1, 0.15) is 48.2 Å². The van der Waals surface area contributed by atoms with Gasteiger partial charge in [0.15, 0.2) is 11.2 Å². The molecule has 1 amide bonds. The molecule has 0 spiro atoms. The summed E-state index contributed by atoms with van der Waals surface area (Å²) in [5, 5.41) is 13.1. The van der Waals surface area contributed by atoms with Gasteiger partial charge in [-0.15, -0.1) is 11.3 Å². The quantitative estimate of drug-likeness (QED) is 0.684. The Morgan fingerprint density at radius 3 is 2.73 bits per heavy atom. The summed E-state index contributed by atoms with van der Waals surface area (Å²) in [5.74, 6) is -0.317. The van der Waals surface area contributed by atoms with Gasteiger partial charge in [-0.2, -0.15) is 5.26 Å². The van der Waals surface area contributed by atoms with Crippen LogP contribution in [0.2, 0.25) is 0 Å². The zero-order chi connectivity index (χ0) is 21.6. The second-order valence-corrected chi connectivity index (χ2v) is 8.58. The number of aromatic nitrogens is 4. The molecule has 0 saturated carbocycles. The lowest BCUT2D eigenvalue weighted by Gasteiger charge is -2.17. The van der Waals surface area contributed by atoms with Crippen LogP contribution < -0.4 is 16.6 Å². The zero-order valence-electron chi connectivity index (χ0n) is 17.1. The highest BCUT2D eigenvalue weighted by Gasteiger charge is 2.27. The number of nitrogens with one attached hydrogen (secondary N) is 1. The molecule has 0 fully saturated rings. The number of nitrogens with zero attached hydrogens (tertiary/aromatic N) is 5. The smallest absolute Gasteiger partial charge is 0.315 e. The largest absolute Gasteiger partial charge is 0.332 e. The van der Waals surface area contributed by atoms with Crippen LogP contribution in [0.25, 0.3) is 11.2 Å². The van der Waals surface area contributed by atoms with Crippen molar-refractivity contribution in [1.29, 1.82) is 5.26 Å². The van der Waals surface area contributed by atoms with E-state index < -0.39 is 17.3 Å². The van der Waals surface area contributed by atoms with E-state index >= 15 is 0 Å². The SMILES string of the molecule is CC[C@@H](C(=O)Nc1sc2c(c1C#N)CCCC2)n1cnc2c1c(=O)n(C)c(=O)n2C. The first-order chi connectivity index (χ1) is 14.4. The van der Waals surface area contributed by atoms with Crippen LogP contribution in [0.4, 0.5) is 5.00 Å². The highest BCUT2D eigenvalue weighted by Crippen LogP contribution is 2.38. The van der Waals surface area contributed by atoms with E-state index in [9.17, 15) is 19.6 Å². The molecule has 30 heavy (non-hydrogen) atoms. The predicted molar refractivity (Wildman–Crippen MR) is 114 cm³/mol. The number of hydrogen-bond acceptors (Lipinski definition) is 6. The molecule has 0 aromatic carbocycles. The summed E-state index contributed by atoms with van der Waals surface area (Å²) in [6.07, 6.45) is 5.76. The monoisotopic (exact) mass is 426 g/mol. The number of hydrogen-bond donors (Lipinski definition) is 1. The maximum atomic E-state index is 13.2. The molecule has 3 aromatic heterocycles. The number of carbonyl (C=O) groups is 1. The average molecular weight is 427 g/mol. The van der Waals surface area contributed by atoms with Crippen LogP contribution in [0.15, 0.2) is 15.9 Å². The lowest BCUT2D eigenvalue weighted by molar-refractivity contribution is -0.119. The highest BCUT2D eigenvalue weighted by atomic mass is 32.1. The van der Waals surface area contributed by atoms with Gasteiger partial charge in [0.25, 0.3) is 5.56 Å². The molecular formula is C20H22N6O3S. The van der Waals surface area contributed by atoms with Gasteiger partial charge in [-0.3, -0.25) is 18.7 Å². The van der Waals surface area contributed by atoms with Gasteiger partial charge in [-0.1, -0.05) is 6.92 Å². The number of fused-ring (bicyclic) bond motifs is 2. The summed E-state index contributed by atoms with van der Waals surface area (Å²) in [7, 11) is 2.94. The lowest BCUT2D eigenvalue weighted by Crippen LogP contribution is -2.38. The molecule has 1 N–H and O–H groups in total. The number of rotatable bonds is 4. The molecule has 0 bridgehead atoms. The molecule has 3 heterocycles. The van der Waals surface area contributed by atoms with Gasteiger partial charge in [0.2, 0.25) is 5.91 Å². The highest BCUT2D eigenvalue weighted by molar-refractivity contribution is 7.16. The van der Waals surface area contributed by atoms with E-state index in [-0.39, 0.29) is 17.1 Å². The molecule has 9 nitrogen and oxygen atoms in total. The third-order valence-corrected chi connectivity index (χ3v) is 6.93. The molecule has 0 unspecified atom stereocenters. The first-order valence-corrected chi connectivity index (χ1v) is 10.7. The first kappa shape index (κ1) is 20.1. The second kappa shape index (κ2) is 7.57. The van der Waals surface area contributed by atoms with Gasteiger partial charge in [-0.05, 0) is 37.7 Å². The van der Waals surface area contributed by atoms with Gasteiger partial charge < -0.3 is 9.88 Å². The number of aryl methyl sites for hydroxylation is 2. The third-order valence-electron chi connectivity index (χ3n) is 5.72. The number of imidazole rings is 1. The Hall–Kier alpha value is -3.19. The average Bonchev–Trinajstić information content (AvgIpc) is 3.32. The Labute approximate surface area is 176 Å². The van der Waals surface area contributed by atoms with Gasteiger partial charge in [0.05, 0.1) is 11.9 Å². The summed E-state index contributed by atoms with van der Waals surface area (Å²) in [6.45, 7) is 1.84. The van der Waals surface area contributed by atoms with Crippen LogP contribution in [-0.2, 0) is 31.7 Å². The Kier molecular flexibility index (Phi) is 5.07. The molecule has 0 radical (unpaired) electrons. The Morgan fingerprint density at radius 2 is 2.03 bits per heavy atom. The number of anilines is 1. The predicted octanol–water partition coefficient (Wildman–Crippen LogP) is 1.84. The molecule has 0 saturated heterocycles. The van der Waals surface area contributed by atoms with Crippen molar-refractivity contribution in [3.8, 4) is 6.07 Å². The van der Waals surface area contributed by atoms with Crippen LogP contribution in [0, 0.1) is 11.3 Å². The molecule has 4 rings (SSSR count). The van der Waals surface area contributed by atoms with Gasteiger partial charge in [0.1, 0.15) is 17.1 Å². The van der Waals surface area contributed by atoms with Crippen molar-refractivity contribution in [3.05, 3.63) is 43.2 Å². The minimum absolute atomic E-state index is 0.201. The van der Waals surface area contributed by atoms with Crippen LogP contribution >= 0.6 is 11.3 Å². The maximum absolute atomic E-state index is 13.2. The summed E-state index contributed by atoms with van der Waals surface area (Å²) in [6, 6.07) is 1.54. The second-order valence-electron chi connectivity index (χ2n) is 7.47. The van der Waals surface area contributed by atoms with E-state index in [0.717, 1.165) is 40.7 Å². The zero-order valence-corrected chi connectivity index (χ0v) is 17.9. The fraction of sp³-hybridized carbons (Fsp3) is 0.450. The first-order valence-electron chi connectivity index (χ1n) is 9.87. The fourth-order valence-electron chi connectivity index (χ4n) is 4.08. The summed E-state index contributed by atoms with van der Waals surface area (Å²) >= 11 is 1.46. The molecule has 1 atom stereocenters. The maximum Gasteiger partial charge on any atom is 0.332 e. The van der Waals surface area contributed by atoms with Crippen molar-refractivity contribution in [1.82, 2.24) is 18.7 Å². The van der Waals surface area contributed by atoms with Crippen molar-refractivity contribution >= 4 is 33.4 Å². The number of carbonyl (C=O) groups excluding carboxylic acids is 1. The normalized spacial score (nSPS) is 14.3. The summed E-state index contributed by atoms with van der Waals surface area (Å²) in [5.41, 5.74) is 1.06. The molecule has 156 valence electrons. The Morgan fingerprint density at radius 1 is 1.30 bits per heavy atom. The number of thiophene rings is 1. The third kappa shape index (κ3) is 2.97. The number of nitriles is 1. The van der Waals surface area contributed by atoms with E-state index in [1.54, 1.807) is 0 Å². The molecule has 1 aliphatic rings. The van der Waals surface area contributed by atoms with Crippen molar-refractivity contribution in [3.63, 3.8) is 0 Å². The van der Waals surface area contributed by atoms with Crippen molar-refractivity contribution in [2.24, 2.45) is 14.1 Å². The van der Waals surface area contributed by atoms with Gasteiger partial charge in [0, 0.05) is 19.0 Å². The minimum atomic E-state index is -0.703. The van der Waals surface area contributed by atoms with Crippen molar-refractivity contribution in [2.45, 2.75) is 45.1 Å².